The average Bonchev–Trinajstić information content (AvgIpc) is 2.49. The smallest absolute Gasteiger partial charge is 0.371 e. The Morgan fingerprint density at radius 2 is 1.71 bits per heavy atom. The van der Waals surface area contributed by atoms with Crippen LogP contribution in [0.2, 0.25) is 0 Å². The molecule has 108 valence electrons. The number of hydrogen-bond donors (Lipinski definition) is 1. The third-order valence-electron chi connectivity index (χ3n) is 3.15. The van der Waals surface area contributed by atoms with Crippen molar-refractivity contribution >= 4 is 12.0 Å². The molecule has 0 aliphatic carbocycles. The van der Waals surface area contributed by atoms with Crippen molar-refractivity contribution in [3.8, 4) is 5.75 Å². The van der Waals surface area contributed by atoms with Gasteiger partial charge in [-0.15, -0.1) is 0 Å². The summed E-state index contributed by atoms with van der Waals surface area (Å²) < 4.78 is 5.45. The lowest BCUT2D eigenvalue weighted by molar-refractivity contribution is -0.134. The second-order valence-corrected chi connectivity index (χ2v) is 4.82. The van der Waals surface area contributed by atoms with Gasteiger partial charge in [0, 0.05) is 0 Å². The van der Waals surface area contributed by atoms with Crippen LogP contribution in [0.5, 0.6) is 5.75 Å². The minimum Gasteiger partial charge on any atom is -0.475 e. The molecule has 0 amide bonds. The Hall–Kier alpha value is -2.55. The molecule has 0 radical (unpaired) electrons. The molecule has 2 rings (SSSR count). The van der Waals surface area contributed by atoms with Gasteiger partial charge in [0.25, 0.3) is 0 Å². The van der Waals surface area contributed by atoms with Crippen LogP contribution in [0.1, 0.15) is 23.6 Å². The molecule has 0 unspecified atom stereocenters. The first-order valence-corrected chi connectivity index (χ1v) is 6.87. The second-order valence-electron chi connectivity index (χ2n) is 4.82. The Bertz CT molecular complexity index is 637. The molecule has 0 saturated heterocycles. The van der Waals surface area contributed by atoms with E-state index in [0.29, 0.717) is 5.75 Å². The average molecular weight is 282 g/mol. The maximum absolute atomic E-state index is 11.3. The van der Waals surface area contributed by atoms with E-state index in [1.54, 1.807) is 12.1 Å². The molecule has 3 heteroatoms. The number of aliphatic carboxylic acids is 1. The molecule has 0 saturated carbocycles. The van der Waals surface area contributed by atoms with Crippen molar-refractivity contribution in [2.75, 3.05) is 0 Å². The van der Waals surface area contributed by atoms with E-state index in [1.807, 2.05) is 43.3 Å². The highest BCUT2D eigenvalue weighted by atomic mass is 16.5. The molecular weight excluding hydrogens is 264 g/mol. The van der Waals surface area contributed by atoms with Crippen molar-refractivity contribution < 1.29 is 14.6 Å². The van der Waals surface area contributed by atoms with Crippen LogP contribution in [0.3, 0.4) is 0 Å². The van der Waals surface area contributed by atoms with Gasteiger partial charge in [-0.1, -0.05) is 48.9 Å². The summed E-state index contributed by atoms with van der Waals surface area (Å²) in [6.07, 6.45) is 2.48. The summed E-state index contributed by atoms with van der Waals surface area (Å²) in [4.78, 5) is 11.3. The number of hydrogen-bond acceptors (Lipinski definition) is 2. The van der Waals surface area contributed by atoms with Crippen LogP contribution in [-0.4, -0.2) is 11.1 Å². The number of ether oxygens (including phenoxy) is 1. The highest BCUT2D eigenvalue weighted by molar-refractivity contribution is 5.90. The normalized spacial score (nSPS) is 11.2. The number of benzene rings is 2. The van der Waals surface area contributed by atoms with Crippen LogP contribution in [0.15, 0.2) is 54.3 Å². The third-order valence-corrected chi connectivity index (χ3v) is 3.15. The molecule has 1 N–H and O–H groups in total. The van der Waals surface area contributed by atoms with Gasteiger partial charge in [-0.3, -0.25) is 0 Å². The molecule has 0 atom stereocenters. The van der Waals surface area contributed by atoms with Crippen LogP contribution in [-0.2, 0) is 11.2 Å². The van der Waals surface area contributed by atoms with Gasteiger partial charge in [-0.05, 0) is 42.7 Å². The second kappa shape index (κ2) is 6.75. The first-order chi connectivity index (χ1) is 10.1. The largest absolute Gasteiger partial charge is 0.475 e. The van der Waals surface area contributed by atoms with Crippen LogP contribution in [0, 0.1) is 6.92 Å². The summed E-state index contributed by atoms with van der Waals surface area (Å²) in [5.74, 6) is -0.669. The molecule has 2 aromatic carbocycles. The lowest BCUT2D eigenvalue weighted by atomic mass is 10.1. The molecule has 0 aliphatic heterocycles. The van der Waals surface area contributed by atoms with Crippen molar-refractivity contribution in [1.82, 2.24) is 0 Å². The Morgan fingerprint density at radius 3 is 2.24 bits per heavy atom. The van der Waals surface area contributed by atoms with Crippen molar-refractivity contribution in [2.45, 2.75) is 20.3 Å². The maximum atomic E-state index is 11.3. The predicted octanol–water partition coefficient (Wildman–Crippen LogP) is 4.06. The van der Waals surface area contributed by atoms with Crippen LogP contribution < -0.4 is 4.74 Å². The zero-order chi connectivity index (χ0) is 15.2. The Balaban J connectivity index is 2.23. The predicted molar refractivity (Wildman–Crippen MR) is 83.2 cm³/mol. The molecule has 0 heterocycles. The first kappa shape index (κ1) is 14.9. The van der Waals surface area contributed by atoms with Crippen molar-refractivity contribution in [3.63, 3.8) is 0 Å². The maximum Gasteiger partial charge on any atom is 0.371 e. The molecular formula is C18H18O3. The fourth-order valence-electron chi connectivity index (χ4n) is 1.87. The Kier molecular flexibility index (Phi) is 4.77. The highest BCUT2D eigenvalue weighted by Crippen LogP contribution is 2.17. The quantitative estimate of drug-likeness (QED) is 0.664. The third kappa shape index (κ3) is 4.21. The van der Waals surface area contributed by atoms with Crippen LogP contribution in [0.25, 0.3) is 6.08 Å². The van der Waals surface area contributed by atoms with Crippen molar-refractivity contribution in [1.29, 1.82) is 0 Å². The summed E-state index contributed by atoms with van der Waals surface area (Å²) in [6, 6.07) is 15.0. The number of carbonyl (C=O) groups is 1. The van der Waals surface area contributed by atoms with E-state index in [2.05, 4.69) is 6.92 Å². The number of carboxylic acid groups (broad SMARTS) is 1. The lowest BCUT2D eigenvalue weighted by Gasteiger charge is -2.07. The van der Waals surface area contributed by atoms with Crippen molar-refractivity contribution in [2.24, 2.45) is 0 Å². The SMILES string of the molecule is CCc1ccc(C=C(Oc2ccc(C)cc2)C(=O)O)cc1. The molecule has 0 spiro atoms. The van der Waals surface area contributed by atoms with Gasteiger partial charge in [0.2, 0.25) is 5.76 Å². The van der Waals surface area contributed by atoms with E-state index >= 15 is 0 Å². The van der Waals surface area contributed by atoms with Crippen LogP contribution in [0.4, 0.5) is 0 Å². The topological polar surface area (TPSA) is 46.5 Å². The van der Waals surface area contributed by atoms with E-state index < -0.39 is 5.97 Å². The van der Waals surface area contributed by atoms with Gasteiger partial charge >= 0.3 is 5.97 Å². The zero-order valence-electron chi connectivity index (χ0n) is 12.2. The monoisotopic (exact) mass is 282 g/mol. The molecule has 2 aromatic rings. The summed E-state index contributed by atoms with van der Waals surface area (Å²) in [7, 11) is 0. The van der Waals surface area contributed by atoms with Gasteiger partial charge < -0.3 is 9.84 Å². The number of carboxylic acids is 1. The number of aryl methyl sites for hydroxylation is 2. The molecule has 0 aliphatic rings. The van der Waals surface area contributed by atoms with Crippen LogP contribution >= 0.6 is 0 Å². The first-order valence-electron chi connectivity index (χ1n) is 6.87. The Labute approximate surface area is 124 Å². The molecule has 21 heavy (non-hydrogen) atoms. The summed E-state index contributed by atoms with van der Waals surface area (Å²) in [5.41, 5.74) is 3.11. The zero-order valence-corrected chi connectivity index (χ0v) is 12.2. The van der Waals surface area contributed by atoms with E-state index in [-0.39, 0.29) is 5.76 Å². The van der Waals surface area contributed by atoms with Gasteiger partial charge in [-0.2, -0.15) is 0 Å². The summed E-state index contributed by atoms with van der Waals surface area (Å²) in [5, 5.41) is 9.26. The molecule has 0 aromatic heterocycles. The van der Waals surface area contributed by atoms with Gasteiger partial charge in [0.1, 0.15) is 5.75 Å². The minimum atomic E-state index is -1.09. The van der Waals surface area contributed by atoms with E-state index in [4.69, 9.17) is 4.74 Å². The lowest BCUT2D eigenvalue weighted by Crippen LogP contribution is -2.07. The van der Waals surface area contributed by atoms with E-state index in [9.17, 15) is 9.90 Å². The minimum absolute atomic E-state index is 0.0944. The number of rotatable bonds is 5. The summed E-state index contributed by atoms with van der Waals surface area (Å²) in [6.45, 7) is 4.04. The van der Waals surface area contributed by atoms with E-state index in [0.717, 1.165) is 17.5 Å². The van der Waals surface area contributed by atoms with Gasteiger partial charge in [-0.25, -0.2) is 4.79 Å². The summed E-state index contributed by atoms with van der Waals surface area (Å²) >= 11 is 0. The Morgan fingerprint density at radius 1 is 1.10 bits per heavy atom. The fourth-order valence-corrected chi connectivity index (χ4v) is 1.87. The van der Waals surface area contributed by atoms with Crippen molar-refractivity contribution in [3.05, 3.63) is 71.0 Å². The van der Waals surface area contributed by atoms with Gasteiger partial charge in [0.05, 0.1) is 0 Å². The van der Waals surface area contributed by atoms with Gasteiger partial charge in [0.15, 0.2) is 0 Å². The highest BCUT2D eigenvalue weighted by Gasteiger charge is 2.10. The molecule has 3 nitrogen and oxygen atoms in total. The fraction of sp³-hybridized carbons (Fsp3) is 0.167. The molecule has 0 fully saturated rings. The molecule has 0 bridgehead atoms. The standard InChI is InChI=1S/C18H18O3/c1-3-14-6-8-15(9-7-14)12-17(18(19)20)21-16-10-4-13(2)5-11-16/h4-12H,3H2,1-2H3,(H,19,20). The van der Waals surface area contributed by atoms with E-state index in [1.165, 1.54) is 11.6 Å².